The zero-order valence-corrected chi connectivity index (χ0v) is 11.0. The molecule has 1 fully saturated rings. The Morgan fingerprint density at radius 3 is 3.05 bits per heavy atom. The summed E-state index contributed by atoms with van der Waals surface area (Å²) in [5.41, 5.74) is 1.16. The van der Waals surface area contributed by atoms with Crippen LogP contribution in [-0.2, 0) is 4.79 Å². The van der Waals surface area contributed by atoms with Crippen molar-refractivity contribution < 1.29 is 14.3 Å². The van der Waals surface area contributed by atoms with Crippen LogP contribution in [0.25, 0.3) is 6.08 Å². The van der Waals surface area contributed by atoms with Crippen molar-refractivity contribution in [3.05, 3.63) is 35.7 Å². The number of carbonyl (C=O) groups is 1. The van der Waals surface area contributed by atoms with Crippen molar-refractivity contribution in [3.63, 3.8) is 0 Å². The molecule has 0 aromatic heterocycles. The Balaban J connectivity index is 2.40. The average Bonchev–Trinajstić information content (AvgIpc) is 2.84. The summed E-state index contributed by atoms with van der Waals surface area (Å²) in [6.45, 7) is 2.92. The van der Waals surface area contributed by atoms with E-state index in [4.69, 9.17) is 5.11 Å². The van der Waals surface area contributed by atoms with Crippen molar-refractivity contribution in [1.82, 2.24) is 0 Å². The van der Waals surface area contributed by atoms with E-state index in [-0.39, 0.29) is 5.82 Å². The molecule has 1 saturated heterocycles. The van der Waals surface area contributed by atoms with Crippen LogP contribution in [0, 0.1) is 5.82 Å². The normalized spacial score (nSPS) is 19.3. The lowest BCUT2D eigenvalue weighted by atomic mass is 10.1. The summed E-state index contributed by atoms with van der Waals surface area (Å²) in [6.07, 6.45) is 5.60. The quantitative estimate of drug-likeness (QED) is 0.847. The van der Waals surface area contributed by atoms with Gasteiger partial charge >= 0.3 is 5.97 Å². The van der Waals surface area contributed by atoms with Crippen molar-refractivity contribution in [2.75, 3.05) is 11.4 Å². The van der Waals surface area contributed by atoms with Crippen molar-refractivity contribution in [2.24, 2.45) is 0 Å². The van der Waals surface area contributed by atoms with Crippen LogP contribution in [-0.4, -0.2) is 23.7 Å². The van der Waals surface area contributed by atoms with E-state index in [1.165, 1.54) is 12.1 Å². The summed E-state index contributed by atoms with van der Waals surface area (Å²) < 4.78 is 14.1. The number of para-hydroxylation sites is 1. The van der Waals surface area contributed by atoms with Crippen LogP contribution in [0.4, 0.5) is 10.1 Å². The van der Waals surface area contributed by atoms with Gasteiger partial charge in [-0.1, -0.05) is 19.1 Å². The summed E-state index contributed by atoms with van der Waals surface area (Å²) in [6, 6.07) is 5.13. The van der Waals surface area contributed by atoms with Gasteiger partial charge in [0.1, 0.15) is 5.82 Å². The van der Waals surface area contributed by atoms with Crippen molar-refractivity contribution >= 4 is 17.7 Å². The molecular weight excluding hydrogens is 245 g/mol. The number of carboxylic acids is 1. The Morgan fingerprint density at radius 2 is 2.37 bits per heavy atom. The molecule has 102 valence electrons. The van der Waals surface area contributed by atoms with E-state index in [0.29, 0.717) is 17.3 Å². The fourth-order valence-electron chi connectivity index (χ4n) is 2.69. The van der Waals surface area contributed by atoms with E-state index in [1.54, 1.807) is 12.1 Å². The van der Waals surface area contributed by atoms with E-state index in [0.717, 1.165) is 31.9 Å². The molecule has 1 aliphatic heterocycles. The van der Waals surface area contributed by atoms with Crippen LogP contribution in [0.3, 0.4) is 0 Å². The van der Waals surface area contributed by atoms with Crippen LogP contribution in [0.15, 0.2) is 24.3 Å². The fraction of sp³-hybridized carbons (Fsp3) is 0.400. The lowest BCUT2D eigenvalue weighted by molar-refractivity contribution is -0.131. The van der Waals surface area contributed by atoms with Crippen molar-refractivity contribution in [2.45, 2.75) is 32.2 Å². The minimum Gasteiger partial charge on any atom is -0.478 e. The van der Waals surface area contributed by atoms with Crippen LogP contribution in [0.5, 0.6) is 0 Å². The zero-order chi connectivity index (χ0) is 13.8. The third kappa shape index (κ3) is 2.95. The smallest absolute Gasteiger partial charge is 0.328 e. The fourth-order valence-corrected chi connectivity index (χ4v) is 2.69. The first-order valence-corrected chi connectivity index (χ1v) is 6.59. The van der Waals surface area contributed by atoms with E-state index >= 15 is 0 Å². The lowest BCUT2D eigenvalue weighted by Crippen LogP contribution is -2.29. The number of benzene rings is 1. The van der Waals surface area contributed by atoms with Crippen LogP contribution < -0.4 is 4.90 Å². The van der Waals surface area contributed by atoms with Gasteiger partial charge in [0.25, 0.3) is 0 Å². The van der Waals surface area contributed by atoms with Gasteiger partial charge in [-0.2, -0.15) is 0 Å². The largest absolute Gasteiger partial charge is 0.478 e. The molecule has 2 rings (SSSR count). The summed E-state index contributed by atoms with van der Waals surface area (Å²) in [5.74, 6) is -1.31. The van der Waals surface area contributed by atoms with Gasteiger partial charge in [0.05, 0.1) is 5.69 Å². The second kappa shape index (κ2) is 5.87. The standard InChI is InChI=1S/C15H18FNO2/c1-2-12-6-4-10-17(12)15-11(8-9-14(18)19)5-3-7-13(15)16/h3,5,7-9,12H,2,4,6,10H2,1H3,(H,18,19)/b9-8+. The molecule has 0 saturated carbocycles. The van der Waals surface area contributed by atoms with Gasteiger partial charge in [0.15, 0.2) is 0 Å². The van der Waals surface area contributed by atoms with E-state index in [9.17, 15) is 9.18 Å². The molecule has 3 nitrogen and oxygen atoms in total. The molecule has 4 heteroatoms. The van der Waals surface area contributed by atoms with Gasteiger partial charge in [0.2, 0.25) is 0 Å². The minimum atomic E-state index is -1.02. The highest BCUT2D eigenvalue weighted by Crippen LogP contribution is 2.33. The molecule has 1 atom stereocenters. The SMILES string of the molecule is CCC1CCCN1c1c(F)cccc1/C=C/C(=O)O. The maximum atomic E-state index is 14.1. The highest BCUT2D eigenvalue weighted by Gasteiger charge is 2.26. The Kier molecular flexibility index (Phi) is 4.20. The van der Waals surface area contributed by atoms with Gasteiger partial charge in [-0.25, -0.2) is 9.18 Å². The monoisotopic (exact) mass is 263 g/mol. The Hall–Kier alpha value is -1.84. The van der Waals surface area contributed by atoms with E-state index in [1.807, 2.05) is 0 Å². The number of anilines is 1. The first kappa shape index (κ1) is 13.6. The second-order valence-electron chi connectivity index (χ2n) is 4.75. The molecule has 1 aromatic rings. The van der Waals surface area contributed by atoms with Crippen LogP contribution >= 0.6 is 0 Å². The number of hydrogen-bond donors (Lipinski definition) is 1. The Morgan fingerprint density at radius 1 is 1.58 bits per heavy atom. The van der Waals surface area contributed by atoms with E-state index < -0.39 is 5.97 Å². The molecule has 1 unspecified atom stereocenters. The maximum Gasteiger partial charge on any atom is 0.328 e. The summed E-state index contributed by atoms with van der Waals surface area (Å²) >= 11 is 0. The van der Waals surface area contributed by atoms with Gasteiger partial charge in [-0.05, 0) is 31.4 Å². The molecule has 19 heavy (non-hydrogen) atoms. The number of rotatable bonds is 4. The first-order chi connectivity index (χ1) is 9.13. The molecule has 1 aromatic carbocycles. The van der Waals surface area contributed by atoms with Gasteiger partial charge in [-0.15, -0.1) is 0 Å². The molecule has 0 spiro atoms. The van der Waals surface area contributed by atoms with Crippen molar-refractivity contribution in [3.8, 4) is 0 Å². The molecule has 0 aliphatic carbocycles. The number of aliphatic carboxylic acids is 1. The zero-order valence-electron chi connectivity index (χ0n) is 11.0. The number of halogens is 1. The van der Waals surface area contributed by atoms with Gasteiger partial charge in [-0.3, -0.25) is 0 Å². The minimum absolute atomic E-state index is 0.284. The third-order valence-electron chi connectivity index (χ3n) is 3.56. The molecule has 1 heterocycles. The molecule has 0 amide bonds. The maximum absolute atomic E-state index is 14.1. The van der Waals surface area contributed by atoms with Crippen LogP contribution in [0.2, 0.25) is 0 Å². The van der Waals surface area contributed by atoms with Gasteiger partial charge in [0, 0.05) is 24.2 Å². The lowest BCUT2D eigenvalue weighted by Gasteiger charge is -2.28. The number of carboxylic acid groups (broad SMARTS) is 1. The average molecular weight is 263 g/mol. The summed E-state index contributed by atoms with van der Waals surface area (Å²) in [5, 5.41) is 8.70. The Bertz CT molecular complexity index is 499. The van der Waals surface area contributed by atoms with Crippen molar-refractivity contribution in [1.29, 1.82) is 0 Å². The predicted molar refractivity (Wildman–Crippen MR) is 73.7 cm³/mol. The second-order valence-corrected chi connectivity index (χ2v) is 4.75. The summed E-state index contributed by atoms with van der Waals surface area (Å²) in [4.78, 5) is 12.7. The number of nitrogens with zero attached hydrogens (tertiary/aromatic N) is 1. The van der Waals surface area contributed by atoms with Gasteiger partial charge < -0.3 is 10.0 Å². The number of hydrogen-bond acceptors (Lipinski definition) is 2. The highest BCUT2D eigenvalue weighted by atomic mass is 19.1. The predicted octanol–water partition coefficient (Wildman–Crippen LogP) is 3.30. The first-order valence-electron chi connectivity index (χ1n) is 6.59. The summed E-state index contributed by atoms with van der Waals surface area (Å²) in [7, 11) is 0. The molecule has 0 bridgehead atoms. The molecule has 1 N–H and O–H groups in total. The third-order valence-corrected chi connectivity index (χ3v) is 3.56. The molecule has 1 aliphatic rings. The highest BCUT2D eigenvalue weighted by molar-refractivity contribution is 5.87. The van der Waals surface area contributed by atoms with Crippen LogP contribution in [0.1, 0.15) is 31.7 Å². The Labute approximate surface area is 112 Å². The van der Waals surface area contributed by atoms with E-state index in [2.05, 4.69) is 11.8 Å². The topological polar surface area (TPSA) is 40.5 Å². The molecule has 0 radical (unpaired) electrons. The molecular formula is C15H18FNO2.